The molecule has 0 amide bonds. The first-order valence-corrected chi connectivity index (χ1v) is 8.09. The van der Waals surface area contributed by atoms with Crippen molar-refractivity contribution < 1.29 is 0 Å². The molecule has 0 aliphatic heterocycles. The molecule has 0 bridgehead atoms. The van der Waals surface area contributed by atoms with Crippen molar-refractivity contribution in [3.05, 3.63) is 71.8 Å². The summed E-state index contributed by atoms with van der Waals surface area (Å²) in [5, 5.41) is 3.77. The van der Waals surface area contributed by atoms with Gasteiger partial charge in [0.15, 0.2) is 0 Å². The van der Waals surface area contributed by atoms with E-state index in [9.17, 15) is 0 Å². The Morgan fingerprint density at radius 3 is 1.71 bits per heavy atom. The summed E-state index contributed by atoms with van der Waals surface area (Å²) < 4.78 is 0. The molecule has 1 atom stereocenters. The zero-order chi connectivity index (χ0) is 14.9. The van der Waals surface area contributed by atoms with Gasteiger partial charge < -0.3 is 5.32 Å². The van der Waals surface area contributed by atoms with Crippen LogP contribution in [0.2, 0.25) is 0 Å². The van der Waals surface area contributed by atoms with Gasteiger partial charge in [-0.1, -0.05) is 80.9 Å². The van der Waals surface area contributed by atoms with Gasteiger partial charge in [0.25, 0.3) is 0 Å². The van der Waals surface area contributed by atoms with E-state index in [1.165, 1.54) is 17.5 Å². The Balaban J connectivity index is 1.99. The van der Waals surface area contributed by atoms with E-state index in [-0.39, 0.29) is 0 Å². The summed E-state index contributed by atoms with van der Waals surface area (Å²) in [7, 11) is 0. The zero-order valence-corrected chi connectivity index (χ0v) is 13.3. The van der Waals surface area contributed by atoms with Gasteiger partial charge in [0.05, 0.1) is 0 Å². The Hall–Kier alpha value is -1.60. The monoisotopic (exact) mass is 281 g/mol. The predicted octanol–water partition coefficient (Wildman–Crippen LogP) is 4.48. The maximum atomic E-state index is 3.77. The van der Waals surface area contributed by atoms with Crippen LogP contribution in [0.15, 0.2) is 60.7 Å². The summed E-state index contributed by atoms with van der Waals surface area (Å²) in [4.78, 5) is 0. The standard InChI is InChI=1S/C20H27N/c1-3-17(2)16-21-20(14-18-10-6-4-7-11-18)15-19-12-8-5-9-13-19/h4-13,17,20-21H,3,14-16H2,1-2H3. The van der Waals surface area contributed by atoms with Crippen LogP contribution in [-0.2, 0) is 12.8 Å². The Kier molecular flexibility index (Phi) is 6.49. The molecule has 0 saturated heterocycles. The predicted molar refractivity (Wildman–Crippen MR) is 91.5 cm³/mol. The molecule has 0 radical (unpaired) electrons. The highest BCUT2D eigenvalue weighted by Crippen LogP contribution is 2.10. The lowest BCUT2D eigenvalue weighted by Gasteiger charge is -2.21. The zero-order valence-electron chi connectivity index (χ0n) is 13.3. The summed E-state index contributed by atoms with van der Waals surface area (Å²) >= 11 is 0. The molecule has 2 rings (SSSR count). The fraction of sp³-hybridized carbons (Fsp3) is 0.400. The van der Waals surface area contributed by atoms with Crippen molar-refractivity contribution in [2.24, 2.45) is 5.92 Å². The average molecular weight is 281 g/mol. The lowest BCUT2D eigenvalue weighted by Crippen LogP contribution is -2.36. The number of rotatable bonds is 8. The SMILES string of the molecule is CCC(C)CNC(Cc1ccccc1)Cc1ccccc1. The molecule has 112 valence electrons. The van der Waals surface area contributed by atoms with E-state index in [0.29, 0.717) is 6.04 Å². The topological polar surface area (TPSA) is 12.0 Å². The molecule has 0 aromatic heterocycles. The third kappa shape index (κ3) is 5.73. The highest BCUT2D eigenvalue weighted by Gasteiger charge is 2.11. The molecule has 0 heterocycles. The van der Waals surface area contributed by atoms with Gasteiger partial charge in [-0.25, -0.2) is 0 Å². The molecule has 2 aromatic rings. The van der Waals surface area contributed by atoms with Crippen LogP contribution in [0, 0.1) is 5.92 Å². The molecule has 0 saturated carbocycles. The van der Waals surface area contributed by atoms with Crippen molar-refractivity contribution in [1.29, 1.82) is 0 Å². The van der Waals surface area contributed by atoms with Crippen LogP contribution in [0.3, 0.4) is 0 Å². The second-order valence-electron chi connectivity index (χ2n) is 6.00. The van der Waals surface area contributed by atoms with Crippen LogP contribution >= 0.6 is 0 Å². The fourth-order valence-electron chi connectivity index (χ4n) is 2.53. The molecule has 0 aliphatic carbocycles. The van der Waals surface area contributed by atoms with E-state index >= 15 is 0 Å². The van der Waals surface area contributed by atoms with Gasteiger partial charge in [0.1, 0.15) is 0 Å². The Morgan fingerprint density at radius 1 is 0.810 bits per heavy atom. The highest BCUT2D eigenvalue weighted by atomic mass is 14.9. The second-order valence-corrected chi connectivity index (χ2v) is 6.00. The van der Waals surface area contributed by atoms with Gasteiger partial charge in [0.2, 0.25) is 0 Å². The summed E-state index contributed by atoms with van der Waals surface area (Å²) in [6.07, 6.45) is 3.41. The third-order valence-corrected chi connectivity index (χ3v) is 4.10. The van der Waals surface area contributed by atoms with Crippen LogP contribution in [-0.4, -0.2) is 12.6 Å². The minimum absolute atomic E-state index is 0.504. The minimum Gasteiger partial charge on any atom is -0.313 e. The molecule has 2 aromatic carbocycles. The van der Waals surface area contributed by atoms with E-state index in [0.717, 1.165) is 25.3 Å². The summed E-state index contributed by atoms with van der Waals surface area (Å²) in [6.45, 7) is 5.67. The van der Waals surface area contributed by atoms with Gasteiger partial charge in [0, 0.05) is 6.04 Å². The number of hydrogen-bond acceptors (Lipinski definition) is 1. The van der Waals surface area contributed by atoms with Gasteiger partial charge in [-0.15, -0.1) is 0 Å². The highest BCUT2D eigenvalue weighted by molar-refractivity contribution is 5.19. The van der Waals surface area contributed by atoms with Gasteiger partial charge in [-0.3, -0.25) is 0 Å². The molecule has 0 aliphatic rings. The van der Waals surface area contributed by atoms with Crippen molar-refractivity contribution in [2.75, 3.05) is 6.54 Å². The Morgan fingerprint density at radius 2 is 1.29 bits per heavy atom. The fourth-order valence-corrected chi connectivity index (χ4v) is 2.53. The van der Waals surface area contributed by atoms with Crippen molar-refractivity contribution in [3.63, 3.8) is 0 Å². The minimum atomic E-state index is 0.504. The molecule has 21 heavy (non-hydrogen) atoms. The van der Waals surface area contributed by atoms with E-state index in [1.807, 2.05) is 0 Å². The number of hydrogen-bond donors (Lipinski definition) is 1. The molecule has 0 spiro atoms. The first kappa shape index (κ1) is 15.8. The molecular weight excluding hydrogens is 254 g/mol. The van der Waals surface area contributed by atoms with Crippen molar-refractivity contribution in [2.45, 2.75) is 39.2 Å². The van der Waals surface area contributed by atoms with Gasteiger partial charge in [-0.2, -0.15) is 0 Å². The Labute approximate surface area is 129 Å². The quantitative estimate of drug-likeness (QED) is 0.752. The largest absolute Gasteiger partial charge is 0.313 e. The van der Waals surface area contributed by atoms with Crippen molar-refractivity contribution in [1.82, 2.24) is 5.32 Å². The van der Waals surface area contributed by atoms with Crippen LogP contribution in [0.4, 0.5) is 0 Å². The Bertz CT molecular complexity index is 450. The molecule has 1 unspecified atom stereocenters. The van der Waals surface area contributed by atoms with E-state index in [1.54, 1.807) is 0 Å². The average Bonchev–Trinajstić information content (AvgIpc) is 2.54. The van der Waals surface area contributed by atoms with E-state index in [2.05, 4.69) is 79.8 Å². The maximum absolute atomic E-state index is 3.77. The van der Waals surface area contributed by atoms with Crippen LogP contribution < -0.4 is 5.32 Å². The first-order valence-electron chi connectivity index (χ1n) is 8.09. The van der Waals surface area contributed by atoms with Crippen molar-refractivity contribution in [3.8, 4) is 0 Å². The summed E-state index contributed by atoms with van der Waals surface area (Å²) in [6, 6.07) is 22.1. The molecule has 1 heteroatoms. The summed E-state index contributed by atoms with van der Waals surface area (Å²) in [5.41, 5.74) is 2.82. The van der Waals surface area contributed by atoms with Crippen molar-refractivity contribution >= 4 is 0 Å². The normalized spacial score (nSPS) is 12.5. The summed E-state index contributed by atoms with van der Waals surface area (Å²) in [5.74, 6) is 0.735. The smallest absolute Gasteiger partial charge is 0.0148 e. The van der Waals surface area contributed by atoms with E-state index < -0.39 is 0 Å². The third-order valence-electron chi connectivity index (χ3n) is 4.10. The molecule has 0 fully saturated rings. The second kappa shape index (κ2) is 8.63. The van der Waals surface area contributed by atoms with Gasteiger partial charge >= 0.3 is 0 Å². The molecule has 1 nitrogen and oxygen atoms in total. The lowest BCUT2D eigenvalue weighted by molar-refractivity contribution is 0.432. The first-order chi connectivity index (χ1) is 10.3. The van der Waals surface area contributed by atoms with Gasteiger partial charge in [-0.05, 0) is 36.4 Å². The van der Waals surface area contributed by atoms with Crippen LogP contribution in [0.25, 0.3) is 0 Å². The number of benzene rings is 2. The van der Waals surface area contributed by atoms with Crippen LogP contribution in [0.5, 0.6) is 0 Å². The molecular formula is C20H27N. The number of nitrogens with one attached hydrogen (secondary N) is 1. The maximum Gasteiger partial charge on any atom is 0.0148 e. The lowest BCUT2D eigenvalue weighted by atomic mass is 9.98. The van der Waals surface area contributed by atoms with E-state index in [4.69, 9.17) is 0 Å². The van der Waals surface area contributed by atoms with Crippen LogP contribution in [0.1, 0.15) is 31.4 Å². The molecule has 1 N–H and O–H groups in total.